The number of carbonyl (C=O) groups excluding carboxylic acids is 1. The van der Waals surface area contributed by atoms with Gasteiger partial charge < -0.3 is 16.2 Å². The molecule has 1 aromatic rings. The summed E-state index contributed by atoms with van der Waals surface area (Å²) in [7, 11) is 0. The van der Waals surface area contributed by atoms with Crippen LogP contribution in [0.2, 0.25) is 0 Å². The van der Waals surface area contributed by atoms with Gasteiger partial charge in [0.05, 0.1) is 12.5 Å². The molecule has 92 valence electrons. The lowest BCUT2D eigenvalue weighted by Gasteiger charge is -2.10. The van der Waals surface area contributed by atoms with Crippen LogP contribution in [-0.4, -0.2) is 23.0 Å². The molecule has 0 aromatic heterocycles. The Hall–Kier alpha value is -1.88. The van der Waals surface area contributed by atoms with Crippen molar-refractivity contribution in [2.75, 3.05) is 0 Å². The smallest absolute Gasteiger partial charge is 0.307 e. The van der Waals surface area contributed by atoms with Crippen LogP contribution < -0.4 is 11.1 Å². The second kappa shape index (κ2) is 6.00. The van der Waals surface area contributed by atoms with E-state index in [1.54, 1.807) is 31.2 Å². The summed E-state index contributed by atoms with van der Waals surface area (Å²) in [6, 6.07) is 6.54. The summed E-state index contributed by atoms with van der Waals surface area (Å²) in [4.78, 5) is 22.0. The van der Waals surface area contributed by atoms with Crippen molar-refractivity contribution in [2.24, 2.45) is 5.73 Å². The molecule has 0 saturated heterocycles. The largest absolute Gasteiger partial charge is 0.481 e. The Bertz CT molecular complexity index is 416. The molecule has 0 aliphatic carbocycles. The summed E-state index contributed by atoms with van der Waals surface area (Å²) < 4.78 is 0. The Kier molecular flexibility index (Phi) is 4.66. The maximum Gasteiger partial charge on any atom is 0.307 e. The number of aliphatic carboxylic acids is 1. The number of benzene rings is 1. The van der Waals surface area contributed by atoms with E-state index >= 15 is 0 Å². The summed E-state index contributed by atoms with van der Waals surface area (Å²) in [5, 5.41) is 11.4. The zero-order valence-corrected chi connectivity index (χ0v) is 9.64. The number of carboxylic acids is 1. The van der Waals surface area contributed by atoms with Gasteiger partial charge in [-0.3, -0.25) is 9.59 Å². The van der Waals surface area contributed by atoms with E-state index in [-0.39, 0.29) is 12.3 Å². The number of nitrogens with two attached hydrogens (primary N) is 1. The van der Waals surface area contributed by atoms with Gasteiger partial charge in [-0.25, -0.2) is 0 Å². The molecule has 4 N–H and O–H groups in total. The van der Waals surface area contributed by atoms with Crippen LogP contribution in [0, 0.1) is 0 Å². The second-order valence-corrected chi connectivity index (χ2v) is 3.85. The Morgan fingerprint density at radius 1 is 1.35 bits per heavy atom. The molecule has 1 amide bonds. The lowest BCUT2D eigenvalue weighted by molar-refractivity contribution is -0.136. The van der Waals surface area contributed by atoms with Gasteiger partial charge in [-0.15, -0.1) is 0 Å². The maximum absolute atomic E-state index is 11.3. The van der Waals surface area contributed by atoms with Gasteiger partial charge in [-0.2, -0.15) is 0 Å². The van der Waals surface area contributed by atoms with Crippen LogP contribution in [0.1, 0.15) is 18.1 Å². The molecule has 0 unspecified atom stereocenters. The molecule has 0 radical (unpaired) electrons. The van der Waals surface area contributed by atoms with Crippen LogP contribution >= 0.6 is 0 Å². The van der Waals surface area contributed by atoms with E-state index in [4.69, 9.17) is 10.8 Å². The molecule has 0 saturated carbocycles. The molecule has 0 fully saturated rings. The monoisotopic (exact) mass is 236 g/mol. The summed E-state index contributed by atoms with van der Waals surface area (Å²) in [6.07, 6.45) is -0.0514. The van der Waals surface area contributed by atoms with Gasteiger partial charge in [-0.1, -0.05) is 24.3 Å². The van der Waals surface area contributed by atoms with Crippen LogP contribution in [0.3, 0.4) is 0 Å². The van der Waals surface area contributed by atoms with Crippen molar-refractivity contribution in [1.82, 2.24) is 5.32 Å². The third-order valence-electron chi connectivity index (χ3n) is 2.33. The minimum atomic E-state index is -0.893. The third-order valence-corrected chi connectivity index (χ3v) is 2.33. The standard InChI is InChI=1S/C12H16N2O3/c1-8(13)12(17)14-7-10-5-3-2-4-9(10)6-11(15)16/h2-5,8H,6-7,13H2,1H3,(H,14,17)(H,15,16)/t8-/m0/s1. The molecule has 1 rings (SSSR count). The number of nitrogens with one attached hydrogen (secondary N) is 1. The SMILES string of the molecule is C[C@H](N)C(=O)NCc1ccccc1CC(=O)O. The highest BCUT2D eigenvalue weighted by Gasteiger charge is 2.09. The third kappa shape index (κ3) is 4.24. The maximum atomic E-state index is 11.3. The van der Waals surface area contributed by atoms with Crippen molar-refractivity contribution < 1.29 is 14.7 Å². The first-order valence-electron chi connectivity index (χ1n) is 5.32. The summed E-state index contributed by atoms with van der Waals surface area (Å²) in [5.74, 6) is -1.15. The van der Waals surface area contributed by atoms with E-state index in [0.717, 1.165) is 5.56 Å². The van der Waals surface area contributed by atoms with Crippen molar-refractivity contribution in [3.8, 4) is 0 Å². The van der Waals surface area contributed by atoms with Crippen LogP contribution in [0.5, 0.6) is 0 Å². The van der Waals surface area contributed by atoms with Gasteiger partial charge in [0.2, 0.25) is 5.91 Å². The van der Waals surface area contributed by atoms with Gasteiger partial charge in [-0.05, 0) is 18.1 Å². The van der Waals surface area contributed by atoms with Gasteiger partial charge in [0.25, 0.3) is 0 Å². The number of rotatable bonds is 5. The Balaban J connectivity index is 2.70. The van der Waals surface area contributed by atoms with Crippen molar-refractivity contribution in [3.63, 3.8) is 0 Å². The average Bonchev–Trinajstić information content (AvgIpc) is 2.26. The number of carbonyl (C=O) groups is 2. The van der Waals surface area contributed by atoms with E-state index in [1.807, 2.05) is 0 Å². The number of carboxylic acid groups (broad SMARTS) is 1. The van der Waals surface area contributed by atoms with E-state index in [0.29, 0.717) is 12.1 Å². The molecule has 0 aliphatic rings. The predicted octanol–water partition coefficient (Wildman–Crippen LogP) is 0.277. The second-order valence-electron chi connectivity index (χ2n) is 3.85. The van der Waals surface area contributed by atoms with Gasteiger partial charge in [0.1, 0.15) is 0 Å². The summed E-state index contributed by atoms with van der Waals surface area (Å²) in [6.45, 7) is 1.89. The first-order chi connectivity index (χ1) is 8.00. The quantitative estimate of drug-likeness (QED) is 0.684. The molecular weight excluding hydrogens is 220 g/mol. The Labute approximate surface area is 99.6 Å². The van der Waals surface area contributed by atoms with E-state index in [2.05, 4.69) is 5.32 Å². The molecule has 0 aliphatic heterocycles. The van der Waals surface area contributed by atoms with Crippen molar-refractivity contribution in [1.29, 1.82) is 0 Å². The zero-order valence-electron chi connectivity index (χ0n) is 9.64. The molecule has 5 nitrogen and oxygen atoms in total. The van der Waals surface area contributed by atoms with Gasteiger partial charge in [0, 0.05) is 6.54 Å². The first-order valence-corrected chi connectivity index (χ1v) is 5.32. The molecule has 17 heavy (non-hydrogen) atoms. The predicted molar refractivity (Wildman–Crippen MR) is 63.3 cm³/mol. The van der Waals surface area contributed by atoms with Crippen LogP contribution in [0.25, 0.3) is 0 Å². The molecular formula is C12H16N2O3. The Morgan fingerprint density at radius 2 is 1.94 bits per heavy atom. The molecule has 0 heterocycles. The van der Waals surface area contributed by atoms with Crippen molar-refractivity contribution in [2.45, 2.75) is 25.9 Å². The minimum absolute atomic E-state index is 0.0514. The van der Waals surface area contributed by atoms with Crippen molar-refractivity contribution in [3.05, 3.63) is 35.4 Å². The number of hydrogen-bond acceptors (Lipinski definition) is 3. The fourth-order valence-corrected chi connectivity index (χ4v) is 1.41. The minimum Gasteiger partial charge on any atom is -0.481 e. The molecule has 1 atom stereocenters. The van der Waals surface area contributed by atoms with E-state index < -0.39 is 12.0 Å². The first kappa shape index (κ1) is 13.2. The summed E-state index contributed by atoms with van der Waals surface area (Å²) >= 11 is 0. The van der Waals surface area contributed by atoms with Crippen LogP contribution in [0.15, 0.2) is 24.3 Å². The lowest BCUT2D eigenvalue weighted by atomic mass is 10.0. The van der Waals surface area contributed by atoms with Gasteiger partial charge in [0.15, 0.2) is 0 Å². The Morgan fingerprint density at radius 3 is 2.47 bits per heavy atom. The van der Waals surface area contributed by atoms with E-state index in [1.165, 1.54) is 0 Å². The average molecular weight is 236 g/mol. The number of amides is 1. The molecule has 0 spiro atoms. The highest BCUT2D eigenvalue weighted by atomic mass is 16.4. The fraction of sp³-hybridized carbons (Fsp3) is 0.333. The molecule has 0 bridgehead atoms. The zero-order chi connectivity index (χ0) is 12.8. The van der Waals surface area contributed by atoms with Crippen LogP contribution in [-0.2, 0) is 22.6 Å². The van der Waals surface area contributed by atoms with Crippen LogP contribution in [0.4, 0.5) is 0 Å². The lowest BCUT2D eigenvalue weighted by Crippen LogP contribution is -2.38. The van der Waals surface area contributed by atoms with E-state index in [9.17, 15) is 9.59 Å². The highest BCUT2D eigenvalue weighted by Crippen LogP contribution is 2.09. The highest BCUT2D eigenvalue weighted by molar-refractivity contribution is 5.81. The fourth-order valence-electron chi connectivity index (χ4n) is 1.41. The van der Waals surface area contributed by atoms with Crippen molar-refractivity contribution >= 4 is 11.9 Å². The molecule has 5 heteroatoms. The molecule has 1 aromatic carbocycles. The normalized spacial score (nSPS) is 11.9. The van der Waals surface area contributed by atoms with Gasteiger partial charge >= 0.3 is 5.97 Å². The summed E-state index contributed by atoms with van der Waals surface area (Å²) in [5.41, 5.74) is 6.91. The number of hydrogen-bond donors (Lipinski definition) is 3. The topological polar surface area (TPSA) is 92.4 Å².